The molecular weight excluding hydrogens is 202 g/mol. The van der Waals surface area contributed by atoms with Crippen LogP contribution in [0.25, 0.3) is 11.5 Å². The lowest BCUT2D eigenvalue weighted by Crippen LogP contribution is -2.22. The van der Waals surface area contributed by atoms with Crippen molar-refractivity contribution >= 4 is 0 Å². The summed E-state index contributed by atoms with van der Waals surface area (Å²) >= 11 is 0. The molecule has 2 aromatic rings. The Morgan fingerprint density at radius 2 is 2.27 bits per heavy atom. The van der Waals surface area contributed by atoms with Crippen LogP contribution in [0.3, 0.4) is 0 Å². The zero-order valence-electron chi connectivity index (χ0n) is 7.48. The molecule has 2 heterocycles. The summed E-state index contributed by atoms with van der Waals surface area (Å²) in [5.74, 6) is 0.309. The zero-order chi connectivity index (χ0) is 10.8. The van der Waals surface area contributed by atoms with Crippen LogP contribution in [0, 0.1) is 0 Å². The van der Waals surface area contributed by atoms with Gasteiger partial charge in [-0.05, 0) is 0 Å². The topological polar surface area (TPSA) is 131 Å². The van der Waals surface area contributed by atoms with Crippen LogP contribution < -0.4 is 17.0 Å². The average Bonchev–Trinajstić information content (AvgIpc) is 2.66. The lowest BCUT2D eigenvalue weighted by atomic mass is 10.3. The minimum Gasteiger partial charge on any atom is -0.334 e. The molecule has 0 bridgehead atoms. The molecule has 0 aromatic carbocycles. The van der Waals surface area contributed by atoms with Gasteiger partial charge in [-0.1, -0.05) is 5.16 Å². The van der Waals surface area contributed by atoms with E-state index in [2.05, 4.69) is 15.1 Å². The Kier molecular flexibility index (Phi) is 2.18. The maximum absolute atomic E-state index is 11.3. The molecule has 8 heteroatoms. The van der Waals surface area contributed by atoms with Crippen LogP contribution in [0.1, 0.15) is 5.82 Å². The summed E-state index contributed by atoms with van der Waals surface area (Å²) in [6, 6.07) is 0. The van der Waals surface area contributed by atoms with Crippen LogP contribution in [-0.4, -0.2) is 20.1 Å². The van der Waals surface area contributed by atoms with Gasteiger partial charge >= 0.3 is 5.69 Å². The van der Waals surface area contributed by atoms with Crippen LogP contribution in [0.4, 0.5) is 0 Å². The first kappa shape index (κ1) is 9.34. The molecule has 15 heavy (non-hydrogen) atoms. The van der Waals surface area contributed by atoms with Crippen molar-refractivity contribution in [3.63, 3.8) is 0 Å². The Morgan fingerprint density at radius 1 is 1.47 bits per heavy atom. The molecule has 0 fully saturated rings. The second-order valence-corrected chi connectivity index (χ2v) is 2.71. The Balaban J connectivity index is 2.54. The maximum atomic E-state index is 11.3. The number of hydrogen-bond acceptors (Lipinski definition) is 6. The smallest absolute Gasteiger partial charge is 0.325 e. The summed E-state index contributed by atoms with van der Waals surface area (Å²) in [4.78, 5) is 30.2. The number of rotatable bonds is 2. The van der Waals surface area contributed by atoms with Gasteiger partial charge in [-0.2, -0.15) is 4.98 Å². The van der Waals surface area contributed by atoms with Gasteiger partial charge in [0.05, 0.1) is 6.54 Å². The van der Waals surface area contributed by atoms with Crippen molar-refractivity contribution in [2.45, 2.75) is 6.54 Å². The normalized spacial score (nSPS) is 10.5. The van der Waals surface area contributed by atoms with Gasteiger partial charge in [-0.15, -0.1) is 0 Å². The number of aromatic nitrogens is 4. The van der Waals surface area contributed by atoms with E-state index < -0.39 is 11.2 Å². The Morgan fingerprint density at radius 3 is 2.87 bits per heavy atom. The van der Waals surface area contributed by atoms with Crippen molar-refractivity contribution in [1.29, 1.82) is 0 Å². The molecular formula is C7H7N5O3. The first-order valence-corrected chi connectivity index (χ1v) is 4.05. The highest BCUT2D eigenvalue weighted by atomic mass is 16.5. The third-order valence-electron chi connectivity index (χ3n) is 1.70. The Labute approximate surface area is 82.1 Å². The van der Waals surface area contributed by atoms with Gasteiger partial charge in [-0.3, -0.25) is 9.78 Å². The molecule has 0 aliphatic rings. The lowest BCUT2D eigenvalue weighted by Gasteiger charge is -1.89. The molecule has 0 atom stereocenters. The molecule has 0 aliphatic carbocycles. The van der Waals surface area contributed by atoms with Gasteiger partial charge in [0, 0.05) is 6.20 Å². The Bertz CT molecular complexity index is 581. The molecule has 0 saturated carbocycles. The largest absolute Gasteiger partial charge is 0.334 e. The number of H-pyrrole nitrogens is 2. The Hall–Kier alpha value is -2.22. The minimum atomic E-state index is -0.595. The molecule has 0 unspecified atom stereocenters. The van der Waals surface area contributed by atoms with E-state index in [9.17, 15) is 9.59 Å². The third kappa shape index (κ3) is 1.70. The van der Waals surface area contributed by atoms with Crippen molar-refractivity contribution in [1.82, 2.24) is 20.1 Å². The van der Waals surface area contributed by atoms with E-state index in [0.717, 1.165) is 0 Å². The summed E-state index contributed by atoms with van der Waals surface area (Å²) in [6.45, 7) is 0.116. The summed E-state index contributed by atoms with van der Waals surface area (Å²) in [6.07, 6.45) is 1.20. The van der Waals surface area contributed by atoms with Gasteiger partial charge in [0.25, 0.3) is 11.4 Å². The fourth-order valence-electron chi connectivity index (χ4n) is 1.01. The molecule has 0 radical (unpaired) electrons. The molecule has 0 amide bonds. The number of aromatic amines is 2. The molecule has 2 rings (SSSR count). The minimum absolute atomic E-state index is 0.0213. The summed E-state index contributed by atoms with van der Waals surface area (Å²) in [5, 5.41) is 3.52. The van der Waals surface area contributed by atoms with Crippen molar-refractivity contribution < 1.29 is 4.52 Å². The highest BCUT2D eigenvalue weighted by Crippen LogP contribution is 2.09. The summed E-state index contributed by atoms with van der Waals surface area (Å²) in [7, 11) is 0. The molecule has 2 aromatic heterocycles. The van der Waals surface area contributed by atoms with Gasteiger partial charge in [0.2, 0.25) is 0 Å². The van der Waals surface area contributed by atoms with E-state index >= 15 is 0 Å². The summed E-state index contributed by atoms with van der Waals surface area (Å²) in [5.41, 5.74) is 4.19. The van der Waals surface area contributed by atoms with Crippen LogP contribution >= 0.6 is 0 Å². The van der Waals surface area contributed by atoms with Crippen LogP contribution in [0.5, 0.6) is 0 Å². The van der Waals surface area contributed by atoms with E-state index in [1.807, 2.05) is 4.98 Å². The first-order chi connectivity index (χ1) is 7.20. The molecule has 0 saturated heterocycles. The van der Waals surface area contributed by atoms with E-state index in [4.69, 9.17) is 10.3 Å². The fraction of sp³-hybridized carbons (Fsp3) is 0.143. The van der Waals surface area contributed by atoms with Crippen molar-refractivity contribution in [3.8, 4) is 11.5 Å². The number of nitrogens with two attached hydrogens (primary N) is 1. The van der Waals surface area contributed by atoms with E-state index in [0.29, 0.717) is 0 Å². The standard InChI is InChI=1S/C7H7N5O3/c8-1-4-10-6(15-12-4)3-2-9-7(14)11-5(3)13/h2H,1,8H2,(H2,9,11,13,14). The number of nitrogens with one attached hydrogen (secondary N) is 2. The molecule has 0 aliphatic heterocycles. The second-order valence-electron chi connectivity index (χ2n) is 2.71. The molecule has 8 nitrogen and oxygen atoms in total. The highest BCUT2D eigenvalue weighted by molar-refractivity contribution is 5.48. The van der Waals surface area contributed by atoms with Crippen LogP contribution in [0.2, 0.25) is 0 Å². The van der Waals surface area contributed by atoms with E-state index in [-0.39, 0.29) is 23.8 Å². The molecule has 4 N–H and O–H groups in total. The second kappa shape index (κ2) is 3.50. The monoisotopic (exact) mass is 209 g/mol. The maximum Gasteiger partial charge on any atom is 0.325 e. The predicted octanol–water partition coefficient (Wildman–Crippen LogP) is -1.43. The van der Waals surface area contributed by atoms with Crippen molar-refractivity contribution in [2.75, 3.05) is 0 Å². The first-order valence-electron chi connectivity index (χ1n) is 4.05. The lowest BCUT2D eigenvalue weighted by molar-refractivity contribution is 0.422. The van der Waals surface area contributed by atoms with Gasteiger partial charge in [0.15, 0.2) is 5.82 Å². The summed E-state index contributed by atoms with van der Waals surface area (Å²) < 4.78 is 4.78. The predicted molar refractivity (Wildman–Crippen MR) is 48.9 cm³/mol. The number of hydrogen-bond donors (Lipinski definition) is 3. The van der Waals surface area contributed by atoms with Crippen LogP contribution in [0.15, 0.2) is 20.3 Å². The van der Waals surface area contributed by atoms with Gasteiger partial charge < -0.3 is 15.2 Å². The van der Waals surface area contributed by atoms with Crippen molar-refractivity contribution in [2.24, 2.45) is 5.73 Å². The van der Waals surface area contributed by atoms with Crippen LogP contribution in [-0.2, 0) is 6.54 Å². The fourth-order valence-corrected chi connectivity index (χ4v) is 1.01. The molecule has 0 spiro atoms. The van der Waals surface area contributed by atoms with E-state index in [1.54, 1.807) is 0 Å². The van der Waals surface area contributed by atoms with E-state index in [1.165, 1.54) is 6.20 Å². The zero-order valence-corrected chi connectivity index (χ0v) is 7.48. The van der Waals surface area contributed by atoms with Crippen molar-refractivity contribution in [3.05, 3.63) is 32.9 Å². The highest BCUT2D eigenvalue weighted by Gasteiger charge is 2.11. The van der Waals surface area contributed by atoms with Gasteiger partial charge in [0.1, 0.15) is 5.56 Å². The van der Waals surface area contributed by atoms with Gasteiger partial charge in [-0.25, -0.2) is 4.79 Å². The molecule has 78 valence electrons. The quantitative estimate of drug-likeness (QED) is 0.555. The average molecular weight is 209 g/mol. The SMILES string of the molecule is NCc1noc(-c2c[nH]c(=O)[nH]c2=O)n1. The third-order valence-corrected chi connectivity index (χ3v) is 1.70. The number of nitrogens with zero attached hydrogens (tertiary/aromatic N) is 2.